The molecule has 1 aliphatic heterocycles. The first kappa shape index (κ1) is 15.9. The van der Waals surface area contributed by atoms with E-state index in [1.54, 1.807) is 6.20 Å². The van der Waals surface area contributed by atoms with Crippen molar-refractivity contribution < 1.29 is 9.53 Å². The van der Waals surface area contributed by atoms with E-state index in [1.807, 2.05) is 36.9 Å². The summed E-state index contributed by atoms with van der Waals surface area (Å²) in [6.07, 6.45) is 1.78. The van der Waals surface area contributed by atoms with Gasteiger partial charge in [-0.1, -0.05) is 0 Å². The molecular formula is C19H22N4O2. The number of H-pyrrole nitrogens is 2. The van der Waals surface area contributed by atoms with Crippen LogP contribution in [0.1, 0.15) is 39.2 Å². The minimum atomic E-state index is -0.181. The Morgan fingerprint density at radius 2 is 2.12 bits per heavy atom. The fourth-order valence-electron chi connectivity index (χ4n) is 3.44. The zero-order chi connectivity index (χ0) is 17.6. The molecule has 4 rings (SSSR count). The van der Waals surface area contributed by atoms with Crippen molar-refractivity contribution in [1.82, 2.24) is 19.9 Å². The number of hydrogen-bond acceptors (Lipinski definition) is 3. The van der Waals surface area contributed by atoms with Crippen LogP contribution in [0, 0.1) is 20.8 Å². The Balaban J connectivity index is 1.69. The van der Waals surface area contributed by atoms with Gasteiger partial charge in [0, 0.05) is 40.6 Å². The summed E-state index contributed by atoms with van der Waals surface area (Å²) in [5.41, 5.74) is 5.06. The van der Waals surface area contributed by atoms with Gasteiger partial charge in [-0.15, -0.1) is 0 Å². The minimum Gasteiger partial charge on any atom is -0.377 e. The van der Waals surface area contributed by atoms with E-state index in [9.17, 15) is 4.79 Å². The third-order valence-electron chi connectivity index (χ3n) is 4.98. The van der Waals surface area contributed by atoms with Gasteiger partial charge in [0.2, 0.25) is 0 Å². The third-order valence-corrected chi connectivity index (χ3v) is 4.98. The molecule has 1 fully saturated rings. The van der Waals surface area contributed by atoms with E-state index in [-0.39, 0.29) is 11.9 Å². The average molecular weight is 338 g/mol. The van der Waals surface area contributed by atoms with Gasteiger partial charge in [0.1, 0.15) is 11.9 Å². The molecule has 2 aromatic heterocycles. The zero-order valence-electron chi connectivity index (χ0n) is 14.7. The molecule has 1 saturated heterocycles. The van der Waals surface area contributed by atoms with E-state index in [1.165, 1.54) is 5.56 Å². The van der Waals surface area contributed by atoms with Crippen LogP contribution in [0.4, 0.5) is 0 Å². The van der Waals surface area contributed by atoms with E-state index in [0.29, 0.717) is 25.3 Å². The van der Waals surface area contributed by atoms with Gasteiger partial charge in [-0.2, -0.15) is 0 Å². The van der Waals surface area contributed by atoms with Crippen LogP contribution in [0.25, 0.3) is 10.9 Å². The van der Waals surface area contributed by atoms with Crippen molar-refractivity contribution in [3.05, 3.63) is 52.7 Å². The van der Waals surface area contributed by atoms with Crippen molar-refractivity contribution in [2.45, 2.75) is 26.8 Å². The largest absolute Gasteiger partial charge is 0.377 e. The second-order valence-electron chi connectivity index (χ2n) is 6.68. The van der Waals surface area contributed by atoms with Crippen LogP contribution in [0.15, 0.2) is 24.4 Å². The van der Waals surface area contributed by atoms with Gasteiger partial charge >= 0.3 is 0 Å². The number of ether oxygens (including phenoxy) is 1. The number of carbonyl (C=O) groups is 1. The number of aromatic amines is 2. The van der Waals surface area contributed by atoms with E-state index >= 15 is 0 Å². The number of amides is 1. The van der Waals surface area contributed by atoms with Gasteiger partial charge in [-0.05, 0) is 44.5 Å². The molecule has 3 aromatic rings. The van der Waals surface area contributed by atoms with E-state index in [0.717, 1.165) is 28.1 Å². The molecule has 25 heavy (non-hydrogen) atoms. The van der Waals surface area contributed by atoms with Crippen molar-refractivity contribution in [2.24, 2.45) is 0 Å². The van der Waals surface area contributed by atoms with E-state index < -0.39 is 0 Å². The predicted octanol–water partition coefficient (Wildman–Crippen LogP) is 3.03. The summed E-state index contributed by atoms with van der Waals surface area (Å²) in [6.45, 7) is 7.65. The standard InChI is InChI=1S/C19H22N4O2/c1-11-9-20-18(21-11)17-10-25-7-6-23(17)19(24)14-4-5-16-15(8-14)12(2)13(3)22-16/h4-5,8-9,17,22H,6-7,10H2,1-3H3,(H,20,21). The van der Waals surface area contributed by atoms with Gasteiger partial charge in [0.15, 0.2) is 0 Å². The summed E-state index contributed by atoms with van der Waals surface area (Å²) >= 11 is 0. The Morgan fingerprint density at radius 3 is 2.88 bits per heavy atom. The quantitative estimate of drug-likeness (QED) is 0.754. The molecule has 130 valence electrons. The highest BCUT2D eigenvalue weighted by Crippen LogP contribution is 2.27. The molecule has 2 N–H and O–H groups in total. The maximum absolute atomic E-state index is 13.2. The molecule has 0 spiro atoms. The Hall–Kier alpha value is -2.60. The summed E-state index contributed by atoms with van der Waals surface area (Å²) in [6, 6.07) is 5.67. The Kier molecular flexibility index (Phi) is 3.84. The molecule has 6 nitrogen and oxygen atoms in total. The van der Waals surface area contributed by atoms with Crippen LogP contribution in [0.5, 0.6) is 0 Å². The van der Waals surface area contributed by atoms with Crippen molar-refractivity contribution in [3.8, 4) is 0 Å². The number of rotatable bonds is 2. The molecule has 0 aliphatic carbocycles. The highest BCUT2D eigenvalue weighted by molar-refractivity contribution is 5.99. The zero-order valence-corrected chi connectivity index (χ0v) is 14.7. The molecule has 1 amide bonds. The normalized spacial score (nSPS) is 18.0. The summed E-state index contributed by atoms with van der Waals surface area (Å²) in [5.74, 6) is 0.794. The number of hydrogen-bond donors (Lipinski definition) is 2. The number of aryl methyl sites for hydroxylation is 3. The van der Waals surface area contributed by atoms with Crippen LogP contribution in [0.3, 0.4) is 0 Å². The summed E-state index contributed by atoms with van der Waals surface area (Å²) < 4.78 is 5.60. The average Bonchev–Trinajstić information content (AvgIpc) is 3.18. The monoisotopic (exact) mass is 338 g/mol. The number of fused-ring (bicyclic) bond motifs is 1. The van der Waals surface area contributed by atoms with Gasteiger partial charge < -0.3 is 19.6 Å². The molecular weight excluding hydrogens is 316 g/mol. The molecule has 3 heterocycles. The second-order valence-corrected chi connectivity index (χ2v) is 6.68. The Labute approximate surface area is 146 Å². The van der Waals surface area contributed by atoms with Gasteiger partial charge in [0.05, 0.1) is 13.2 Å². The van der Waals surface area contributed by atoms with Crippen molar-refractivity contribution in [2.75, 3.05) is 19.8 Å². The fourth-order valence-corrected chi connectivity index (χ4v) is 3.44. The summed E-state index contributed by atoms with van der Waals surface area (Å²) in [4.78, 5) is 26.0. The lowest BCUT2D eigenvalue weighted by molar-refractivity contribution is -0.00500. The number of imidazole rings is 1. The molecule has 1 atom stereocenters. The molecule has 1 unspecified atom stereocenters. The maximum atomic E-state index is 13.2. The number of nitrogens with zero attached hydrogens (tertiary/aromatic N) is 2. The second kappa shape index (κ2) is 6.04. The van der Waals surface area contributed by atoms with Gasteiger partial charge in [0.25, 0.3) is 5.91 Å². The molecule has 0 bridgehead atoms. The number of benzene rings is 1. The number of aromatic nitrogens is 3. The van der Waals surface area contributed by atoms with Crippen molar-refractivity contribution in [3.63, 3.8) is 0 Å². The van der Waals surface area contributed by atoms with Crippen LogP contribution < -0.4 is 0 Å². The lowest BCUT2D eigenvalue weighted by Crippen LogP contribution is -2.43. The highest BCUT2D eigenvalue weighted by Gasteiger charge is 2.31. The van der Waals surface area contributed by atoms with Crippen LogP contribution >= 0.6 is 0 Å². The van der Waals surface area contributed by atoms with E-state index in [2.05, 4.69) is 21.9 Å². The van der Waals surface area contributed by atoms with E-state index in [4.69, 9.17) is 4.74 Å². The molecule has 0 radical (unpaired) electrons. The van der Waals surface area contributed by atoms with Gasteiger partial charge in [-0.25, -0.2) is 4.98 Å². The maximum Gasteiger partial charge on any atom is 0.254 e. The minimum absolute atomic E-state index is 0.0162. The summed E-state index contributed by atoms with van der Waals surface area (Å²) in [7, 11) is 0. The first-order valence-corrected chi connectivity index (χ1v) is 8.53. The molecule has 0 saturated carbocycles. The van der Waals surface area contributed by atoms with Crippen LogP contribution in [-0.2, 0) is 4.74 Å². The van der Waals surface area contributed by atoms with Gasteiger partial charge in [-0.3, -0.25) is 4.79 Å². The SMILES string of the molecule is Cc1cnc(C2COCCN2C(=O)c2ccc3[nH]c(C)c(C)c3c2)[nH]1. The first-order valence-electron chi connectivity index (χ1n) is 8.53. The smallest absolute Gasteiger partial charge is 0.254 e. The Bertz CT molecular complexity index is 940. The third kappa shape index (κ3) is 2.72. The Morgan fingerprint density at radius 1 is 1.28 bits per heavy atom. The van der Waals surface area contributed by atoms with Crippen molar-refractivity contribution in [1.29, 1.82) is 0 Å². The van der Waals surface area contributed by atoms with Crippen LogP contribution in [0.2, 0.25) is 0 Å². The molecule has 1 aliphatic rings. The number of morpholine rings is 1. The highest BCUT2D eigenvalue weighted by atomic mass is 16.5. The van der Waals surface area contributed by atoms with Crippen molar-refractivity contribution >= 4 is 16.8 Å². The molecule has 1 aromatic carbocycles. The topological polar surface area (TPSA) is 74.0 Å². The first-order chi connectivity index (χ1) is 12.0. The van der Waals surface area contributed by atoms with Crippen LogP contribution in [-0.4, -0.2) is 45.5 Å². The molecule has 6 heteroatoms. The lowest BCUT2D eigenvalue weighted by atomic mass is 10.1. The fraction of sp³-hybridized carbons (Fsp3) is 0.368. The summed E-state index contributed by atoms with van der Waals surface area (Å²) in [5, 5.41) is 1.10. The lowest BCUT2D eigenvalue weighted by Gasteiger charge is -2.34. The predicted molar refractivity (Wildman–Crippen MR) is 95.7 cm³/mol. The number of carbonyl (C=O) groups excluding carboxylic acids is 1. The number of nitrogens with one attached hydrogen (secondary N) is 2.